The van der Waals surface area contributed by atoms with Gasteiger partial charge in [0.25, 0.3) is 0 Å². The summed E-state index contributed by atoms with van der Waals surface area (Å²) in [6.45, 7) is 3.49. The molecule has 330 valence electrons. The third kappa shape index (κ3) is 20.6. The molecule has 2 rings (SSSR count). The minimum absolute atomic E-state index is 0.0602. The van der Waals surface area contributed by atoms with E-state index in [2.05, 4.69) is 19.1 Å². The van der Waals surface area contributed by atoms with Gasteiger partial charge in [0, 0.05) is 13.0 Å². The Kier molecular flexibility index (Phi) is 28.7. The molecule has 0 saturated carbocycles. The van der Waals surface area contributed by atoms with E-state index in [4.69, 9.17) is 28.4 Å². The summed E-state index contributed by atoms with van der Waals surface area (Å²) in [5.41, 5.74) is 0. The number of allylic oxidation sites excluding steroid dienone is 2. The Morgan fingerprint density at radius 1 is 0.571 bits per heavy atom. The molecule has 0 aromatic carbocycles. The molecule has 11 unspecified atom stereocenters. The second-order valence-electron chi connectivity index (χ2n) is 15.5. The van der Waals surface area contributed by atoms with Crippen LogP contribution in [-0.4, -0.2) is 142 Å². The number of carbonyl (C=O) groups is 1. The van der Waals surface area contributed by atoms with E-state index in [1.807, 2.05) is 6.92 Å². The number of hydrogen-bond donors (Lipinski definition) is 7. The molecule has 56 heavy (non-hydrogen) atoms. The first kappa shape index (κ1) is 50.9. The third-order valence-electron chi connectivity index (χ3n) is 10.5. The number of rotatable bonds is 33. The fourth-order valence-corrected chi connectivity index (χ4v) is 6.87. The van der Waals surface area contributed by atoms with Crippen molar-refractivity contribution in [2.45, 2.75) is 216 Å². The summed E-state index contributed by atoms with van der Waals surface area (Å²) < 4.78 is 33.8. The summed E-state index contributed by atoms with van der Waals surface area (Å²) in [6, 6.07) is 0. The quantitative estimate of drug-likeness (QED) is 0.0279. The molecule has 14 heteroatoms. The first-order valence-electron chi connectivity index (χ1n) is 21.8. The topological polar surface area (TPSA) is 214 Å². The maximum Gasteiger partial charge on any atom is 0.306 e. The summed E-state index contributed by atoms with van der Waals surface area (Å²) in [5.74, 6) is -0.401. The average molecular weight is 807 g/mol. The summed E-state index contributed by atoms with van der Waals surface area (Å²) in [4.78, 5) is 12.6. The van der Waals surface area contributed by atoms with E-state index >= 15 is 0 Å². The minimum atomic E-state index is -1.70. The zero-order valence-corrected chi connectivity index (χ0v) is 34.4. The van der Waals surface area contributed by atoms with Gasteiger partial charge in [-0.15, -0.1) is 0 Å². The number of aliphatic hydroxyl groups is 7. The molecule has 0 amide bonds. The van der Waals surface area contributed by atoms with Gasteiger partial charge in [0.05, 0.1) is 26.4 Å². The molecule has 14 nitrogen and oxygen atoms in total. The molecule has 2 fully saturated rings. The van der Waals surface area contributed by atoms with Crippen molar-refractivity contribution in [3.8, 4) is 0 Å². The maximum atomic E-state index is 12.6. The summed E-state index contributed by atoms with van der Waals surface area (Å²) in [6.07, 6.45) is 12.5. The van der Waals surface area contributed by atoms with E-state index in [9.17, 15) is 40.5 Å². The molecule has 2 aliphatic rings. The molecular weight excluding hydrogens is 728 g/mol. The summed E-state index contributed by atoms with van der Waals surface area (Å²) >= 11 is 0. The summed E-state index contributed by atoms with van der Waals surface area (Å²) in [7, 11) is 0. The van der Waals surface area contributed by atoms with Gasteiger partial charge in [0.2, 0.25) is 0 Å². The van der Waals surface area contributed by atoms with Crippen LogP contribution in [0, 0.1) is 0 Å². The molecule has 2 saturated heterocycles. The van der Waals surface area contributed by atoms with Gasteiger partial charge < -0.3 is 64.2 Å². The molecule has 0 spiro atoms. The predicted molar refractivity (Wildman–Crippen MR) is 210 cm³/mol. The lowest BCUT2D eigenvalue weighted by Gasteiger charge is -2.42. The van der Waals surface area contributed by atoms with Gasteiger partial charge in [0.15, 0.2) is 12.6 Å². The molecule has 0 aromatic rings. The smallest absolute Gasteiger partial charge is 0.306 e. The number of carbonyl (C=O) groups excluding carboxylic acids is 1. The maximum absolute atomic E-state index is 12.6. The monoisotopic (exact) mass is 807 g/mol. The van der Waals surface area contributed by atoms with Crippen LogP contribution in [-0.2, 0) is 33.2 Å². The number of esters is 1. The van der Waals surface area contributed by atoms with E-state index in [1.165, 1.54) is 89.9 Å². The van der Waals surface area contributed by atoms with E-state index in [-0.39, 0.29) is 19.6 Å². The van der Waals surface area contributed by atoms with E-state index in [0.717, 1.165) is 32.1 Å². The highest BCUT2D eigenvalue weighted by Gasteiger charge is 2.47. The van der Waals surface area contributed by atoms with Crippen LogP contribution in [0.25, 0.3) is 0 Å². The Hall–Kier alpha value is -1.27. The zero-order valence-electron chi connectivity index (χ0n) is 34.4. The average Bonchev–Trinajstić information content (AvgIpc) is 3.19. The van der Waals surface area contributed by atoms with Crippen molar-refractivity contribution in [2.75, 3.05) is 33.0 Å². The highest BCUT2D eigenvalue weighted by Crippen LogP contribution is 2.26. The van der Waals surface area contributed by atoms with Crippen LogP contribution in [0.1, 0.15) is 149 Å². The van der Waals surface area contributed by atoms with Crippen molar-refractivity contribution in [3.05, 3.63) is 12.2 Å². The van der Waals surface area contributed by atoms with Crippen LogP contribution >= 0.6 is 0 Å². The van der Waals surface area contributed by atoms with Gasteiger partial charge in [-0.1, -0.05) is 116 Å². The van der Waals surface area contributed by atoms with Crippen molar-refractivity contribution < 1.29 is 69.0 Å². The Morgan fingerprint density at radius 3 is 1.62 bits per heavy atom. The van der Waals surface area contributed by atoms with Crippen LogP contribution in [0.2, 0.25) is 0 Å². The van der Waals surface area contributed by atoms with Gasteiger partial charge >= 0.3 is 5.97 Å². The predicted octanol–water partition coefficient (Wildman–Crippen LogP) is 4.34. The number of ether oxygens (including phenoxy) is 6. The molecule has 7 N–H and O–H groups in total. The molecule has 0 radical (unpaired) electrons. The standard InChI is InChI=1S/C42H78O14/c1-3-5-7-8-9-10-11-12-13-14-15-16-17-18-19-20-21-22-24-26-51-28-31(54-34(44)25-23-6-4-2)29-52-41-40(50)38(48)36(46)33(56-41)30-53-42-39(49)37(47)35(45)32(27-43)55-42/h13-14,31-33,35-43,45-50H,3-12,15-30H2,1-2H3/b14-13-. The Labute approximate surface area is 335 Å². The number of aliphatic hydroxyl groups excluding tert-OH is 7. The van der Waals surface area contributed by atoms with Crippen LogP contribution in [0.3, 0.4) is 0 Å². The Balaban J connectivity index is 1.68. The van der Waals surface area contributed by atoms with Gasteiger partial charge in [0.1, 0.15) is 54.9 Å². The van der Waals surface area contributed by atoms with E-state index in [0.29, 0.717) is 13.0 Å². The zero-order chi connectivity index (χ0) is 41.0. The third-order valence-corrected chi connectivity index (χ3v) is 10.5. The molecule has 0 aromatic heterocycles. The van der Waals surface area contributed by atoms with E-state index in [1.54, 1.807) is 0 Å². The first-order valence-corrected chi connectivity index (χ1v) is 21.8. The van der Waals surface area contributed by atoms with Crippen molar-refractivity contribution >= 4 is 5.97 Å². The highest BCUT2D eigenvalue weighted by atomic mass is 16.7. The van der Waals surface area contributed by atoms with Gasteiger partial charge in [-0.2, -0.15) is 0 Å². The Bertz CT molecular complexity index is 985. The molecule has 0 bridgehead atoms. The van der Waals surface area contributed by atoms with Crippen LogP contribution in [0.5, 0.6) is 0 Å². The van der Waals surface area contributed by atoms with Crippen molar-refractivity contribution in [1.82, 2.24) is 0 Å². The van der Waals surface area contributed by atoms with Crippen LogP contribution in [0.15, 0.2) is 12.2 Å². The van der Waals surface area contributed by atoms with Crippen LogP contribution in [0.4, 0.5) is 0 Å². The van der Waals surface area contributed by atoms with Crippen molar-refractivity contribution in [3.63, 3.8) is 0 Å². The van der Waals surface area contributed by atoms with Crippen molar-refractivity contribution in [2.24, 2.45) is 0 Å². The fraction of sp³-hybridized carbons (Fsp3) is 0.929. The Morgan fingerprint density at radius 2 is 1.05 bits per heavy atom. The molecule has 2 aliphatic heterocycles. The molecule has 2 heterocycles. The minimum Gasteiger partial charge on any atom is -0.457 e. The van der Waals surface area contributed by atoms with Gasteiger partial charge in [-0.25, -0.2) is 0 Å². The second kappa shape index (κ2) is 31.6. The summed E-state index contributed by atoms with van der Waals surface area (Å²) in [5, 5.41) is 71.4. The van der Waals surface area contributed by atoms with Gasteiger partial charge in [-0.05, 0) is 38.5 Å². The van der Waals surface area contributed by atoms with Crippen molar-refractivity contribution in [1.29, 1.82) is 0 Å². The lowest BCUT2D eigenvalue weighted by molar-refractivity contribution is -0.332. The van der Waals surface area contributed by atoms with E-state index < -0.39 is 86.7 Å². The highest BCUT2D eigenvalue weighted by molar-refractivity contribution is 5.69. The molecule has 0 aliphatic carbocycles. The second-order valence-corrected chi connectivity index (χ2v) is 15.5. The lowest BCUT2D eigenvalue weighted by atomic mass is 9.98. The van der Waals surface area contributed by atoms with Gasteiger partial charge in [-0.3, -0.25) is 4.79 Å². The largest absolute Gasteiger partial charge is 0.457 e. The molecule has 11 atom stereocenters. The SMILES string of the molecule is CCCCCCCCC/C=C\CCCCCCCCCCOCC(COC1OC(COC2OC(CO)C(O)C(O)C2O)C(O)C(O)C1O)OC(=O)CCCCC. The number of unbranched alkanes of at least 4 members (excludes halogenated alkanes) is 17. The lowest BCUT2D eigenvalue weighted by Crippen LogP contribution is -2.61. The number of hydrogen-bond acceptors (Lipinski definition) is 14. The first-order chi connectivity index (χ1) is 27.1. The van der Waals surface area contributed by atoms with Crippen LogP contribution < -0.4 is 0 Å². The normalized spacial score (nSPS) is 28.9. The molecular formula is C42H78O14. The fourth-order valence-electron chi connectivity index (χ4n) is 6.87.